The third-order valence-electron chi connectivity index (χ3n) is 1.23. The predicted octanol–water partition coefficient (Wildman–Crippen LogP) is 1.86. The van der Waals surface area contributed by atoms with Gasteiger partial charge in [0.05, 0.1) is 0 Å². The van der Waals surface area contributed by atoms with Gasteiger partial charge in [0, 0.05) is 34.8 Å². The molecule has 0 saturated carbocycles. The lowest BCUT2D eigenvalue weighted by molar-refractivity contribution is -0.141. The van der Waals surface area contributed by atoms with Crippen LogP contribution in [0.15, 0.2) is 34.8 Å². The van der Waals surface area contributed by atoms with Crippen molar-refractivity contribution in [3.8, 4) is 0 Å². The molecular weight excluding hydrogens is 337 g/mol. The molecule has 0 amide bonds. The number of halogens is 3. The monoisotopic (exact) mass is 342 g/mol. The maximum absolute atomic E-state index is 11.1. The van der Waals surface area contributed by atoms with Crippen LogP contribution < -0.4 is 0 Å². The van der Waals surface area contributed by atoms with Crippen molar-refractivity contribution >= 4 is 67.9 Å². The zero-order chi connectivity index (χ0) is 14.7. The molecule has 0 radical (unpaired) electrons. The van der Waals surface area contributed by atoms with Crippen molar-refractivity contribution in [2.75, 3.05) is 0 Å². The summed E-state index contributed by atoms with van der Waals surface area (Å²) >= 11 is 12.1. The van der Waals surface area contributed by atoms with Gasteiger partial charge in [0.1, 0.15) is 0 Å². The van der Waals surface area contributed by atoms with Crippen LogP contribution in [0.1, 0.15) is 0 Å². The van der Waals surface area contributed by atoms with Crippen LogP contribution in [0.3, 0.4) is 0 Å². The van der Waals surface area contributed by atoms with Gasteiger partial charge in [0.2, 0.25) is 0 Å². The van der Waals surface area contributed by atoms with E-state index in [2.05, 4.69) is 11.4 Å². The molecule has 0 aromatic rings. The lowest BCUT2D eigenvalue weighted by Gasteiger charge is -2.09. The summed E-state index contributed by atoms with van der Waals surface area (Å²) in [7, 11) is 0. The molecule has 19 heavy (non-hydrogen) atoms. The summed E-state index contributed by atoms with van der Waals surface area (Å²) in [6, 6.07) is 0. The molecule has 0 bridgehead atoms. The average molecular weight is 343 g/mol. The molecule has 0 rings (SSSR count). The zero-order valence-electron chi connectivity index (χ0n) is 9.12. The van der Waals surface area contributed by atoms with E-state index < -0.39 is 33.1 Å². The van der Waals surface area contributed by atoms with Crippen LogP contribution in [0, 0.1) is 0 Å². The van der Waals surface area contributed by atoms with Gasteiger partial charge in [-0.05, 0) is 0 Å². The molecule has 0 aliphatic carbocycles. The van der Waals surface area contributed by atoms with Gasteiger partial charge in [-0.2, -0.15) is 0 Å². The van der Waals surface area contributed by atoms with Crippen molar-refractivity contribution < 1.29 is 25.7 Å². The van der Waals surface area contributed by atoms with E-state index in [1.807, 2.05) is 0 Å². The summed E-state index contributed by atoms with van der Waals surface area (Å²) in [5.41, 5.74) is 2.65. The first-order chi connectivity index (χ1) is 9.03. The topological polar surface area (TPSA) is 78.9 Å². The van der Waals surface area contributed by atoms with Crippen LogP contribution in [0.5, 0.6) is 0 Å². The summed E-state index contributed by atoms with van der Waals surface area (Å²) in [4.78, 5) is 33.3. The molecule has 0 aliphatic heterocycles. The molecule has 10 heteroatoms. The standard InChI is InChI=1S/3C3H3ClO2.Al/c3*4-2-1-3(5)6;/h3*1-2H,(H,5,6);/q;;;+3/p-3. The van der Waals surface area contributed by atoms with Crippen LogP contribution in [-0.2, 0) is 25.7 Å². The van der Waals surface area contributed by atoms with Gasteiger partial charge in [-0.3, -0.25) is 14.4 Å². The molecule has 0 fully saturated rings. The van der Waals surface area contributed by atoms with E-state index in [0.29, 0.717) is 0 Å². The highest BCUT2D eigenvalue weighted by molar-refractivity contribution is 6.45. The summed E-state index contributed by atoms with van der Waals surface area (Å²) in [5.74, 6) is -2.80. The largest absolute Gasteiger partial charge is 1.20 e. The highest BCUT2D eigenvalue weighted by Gasteiger charge is 2.48. The molecule has 102 valence electrons. The Labute approximate surface area is 128 Å². The second-order valence-corrected chi connectivity index (χ2v) is 4.52. The molecule has 0 saturated heterocycles. The van der Waals surface area contributed by atoms with Crippen LogP contribution in [-0.4, -0.2) is 33.1 Å². The van der Waals surface area contributed by atoms with E-state index in [9.17, 15) is 14.4 Å². The van der Waals surface area contributed by atoms with Gasteiger partial charge in [0.25, 0.3) is 0 Å². The van der Waals surface area contributed by atoms with Crippen molar-refractivity contribution in [2.24, 2.45) is 0 Å². The Balaban J connectivity index is 4.67. The third kappa shape index (κ3) is 9.59. The fourth-order valence-corrected chi connectivity index (χ4v) is 1.89. The van der Waals surface area contributed by atoms with E-state index in [-0.39, 0.29) is 0 Å². The van der Waals surface area contributed by atoms with Crippen LogP contribution in [0.2, 0.25) is 0 Å². The molecule has 0 spiro atoms. The van der Waals surface area contributed by atoms with E-state index in [4.69, 9.17) is 34.8 Å². The van der Waals surface area contributed by atoms with Gasteiger partial charge in [-0.15, -0.1) is 0 Å². The SMILES string of the molecule is O=C(C=CCl)[O][Al]([O]C(=O)C=CCl)[O]C(=O)C=CCl. The fourth-order valence-electron chi connectivity index (χ4n) is 0.629. The Kier molecular flexibility index (Phi) is 10.4. The maximum atomic E-state index is 11.1. The lowest BCUT2D eigenvalue weighted by Crippen LogP contribution is -2.33. The zero-order valence-corrected chi connectivity index (χ0v) is 12.5. The summed E-state index contributed by atoms with van der Waals surface area (Å²) in [5, 5.41) is 0. The molecule has 0 N–H and O–H groups in total. The van der Waals surface area contributed by atoms with Gasteiger partial charge in [-0.1, -0.05) is 34.8 Å². The Hall–Kier alpha value is -0.968. The van der Waals surface area contributed by atoms with E-state index in [0.717, 1.165) is 34.8 Å². The van der Waals surface area contributed by atoms with Crippen molar-refractivity contribution in [2.45, 2.75) is 0 Å². The summed E-state index contributed by atoms with van der Waals surface area (Å²) < 4.78 is 13.8. The van der Waals surface area contributed by atoms with Gasteiger partial charge in [-0.25, -0.2) is 0 Å². The van der Waals surface area contributed by atoms with Gasteiger partial charge in [0.15, 0.2) is 0 Å². The Morgan fingerprint density at radius 3 is 1.16 bits per heavy atom. The van der Waals surface area contributed by atoms with E-state index in [1.54, 1.807) is 0 Å². The van der Waals surface area contributed by atoms with Crippen LogP contribution in [0.25, 0.3) is 0 Å². The highest BCUT2D eigenvalue weighted by atomic mass is 35.5. The Morgan fingerprint density at radius 2 is 0.947 bits per heavy atom. The Bertz CT molecular complexity index is 358. The number of carbonyl (C=O) groups excluding carboxylic acids is 3. The molecule has 0 atom stereocenters. The van der Waals surface area contributed by atoms with Gasteiger partial charge < -0.3 is 11.4 Å². The second-order valence-electron chi connectivity index (χ2n) is 2.48. The Morgan fingerprint density at radius 1 is 0.684 bits per heavy atom. The first-order valence-electron chi connectivity index (χ1n) is 4.45. The van der Waals surface area contributed by atoms with E-state index in [1.165, 1.54) is 0 Å². The van der Waals surface area contributed by atoms with Gasteiger partial charge >= 0.3 is 33.1 Å². The second kappa shape index (κ2) is 10.9. The molecule has 0 unspecified atom stereocenters. The molecule has 0 aromatic heterocycles. The van der Waals surface area contributed by atoms with E-state index >= 15 is 0 Å². The molecular formula is C9H6AlCl3O6. The quantitative estimate of drug-likeness (QED) is 0.541. The summed E-state index contributed by atoms with van der Waals surface area (Å²) in [6.45, 7) is 0. The number of hydrogen-bond acceptors (Lipinski definition) is 6. The molecule has 0 aliphatic rings. The smallest absolute Gasteiger partial charge is 0.547 e. The summed E-state index contributed by atoms with van der Waals surface area (Å²) in [6.07, 6.45) is 2.54. The molecule has 0 heterocycles. The normalized spacial score (nSPS) is 10.9. The number of carbonyl (C=O) groups is 3. The minimum atomic E-state index is -3.38. The molecule has 6 nitrogen and oxygen atoms in total. The predicted molar refractivity (Wildman–Crippen MR) is 69.0 cm³/mol. The van der Waals surface area contributed by atoms with Crippen LogP contribution in [0.4, 0.5) is 0 Å². The van der Waals surface area contributed by atoms with Crippen molar-refractivity contribution in [3.63, 3.8) is 0 Å². The maximum Gasteiger partial charge on any atom is 1.20 e. The first-order valence-corrected chi connectivity index (χ1v) is 7.18. The minimum Gasteiger partial charge on any atom is -0.547 e. The molecule has 0 aromatic carbocycles. The fraction of sp³-hybridized carbons (Fsp3) is 0. The number of hydrogen-bond donors (Lipinski definition) is 0. The lowest BCUT2D eigenvalue weighted by atomic mass is 10.7. The number of rotatable bonds is 6. The third-order valence-corrected chi connectivity index (χ3v) is 2.89. The van der Waals surface area contributed by atoms with Crippen molar-refractivity contribution in [3.05, 3.63) is 34.8 Å². The average Bonchev–Trinajstić information content (AvgIpc) is 2.29. The van der Waals surface area contributed by atoms with Crippen molar-refractivity contribution in [1.82, 2.24) is 0 Å². The minimum absolute atomic E-state index is 0.845. The van der Waals surface area contributed by atoms with Crippen molar-refractivity contribution in [1.29, 1.82) is 0 Å². The first kappa shape index (κ1) is 18.0. The highest BCUT2D eigenvalue weighted by Crippen LogP contribution is 1.99. The van der Waals surface area contributed by atoms with Crippen LogP contribution >= 0.6 is 34.8 Å².